The van der Waals surface area contributed by atoms with Crippen molar-refractivity contribution >= 4 is 21.6 Å². The molecule has 1 aromatic rings. The van der Waals surface area contributed by atoms with Crippen molar-refractivity contribution < 1.29 is 13.2 Å². The molecule has 0 radical (unpaired) electrons. The smallest absolute Gasteiger partial charge is 0.244 e. The minimum atomic E-state index is -3.44. The Morgan fingerprint density at radius 3 is 2.95 bits per heavy atom. The van der Waals surface area contributed by atoms with Crippen LogP contribution in [0.2, 0.25) is 0 Å². The number of hydrogen-bond acceptors (Lipinski definition) is 3. The Morgan fingerprint density at radius 2 is 2.37 bits per heavy atom. The average Bonchev–Trinajstić information content (AvgIpc) is 2.89. The summed E-state index contributed by atoms with van der Waals surface area (Å²) in [5.41, 5.74) is 0.703. The fourth-order valence-electron chi connectivity index (χ4n) is 2.24. The highest BCUT2D eigenvalue weighted by molar-refractivity contribution is 7.89. The summed E-state index contributed by atoms with van der Waals surface area (Å²) < 4.78 is 31.5. The highest BCUT2D eigenvalue weighted by Gasteiger charge is 2.25. The zero-order chi connectivity index (χ0) is 13.9. The SMILES string of the molecule is CN(CC1CCCOC1)S(=O)(=O)c1c[nH]c(CCl)c1. The fourth-order valence-corrected chi connectivity index (χ4v) is 3.66. The summed E-state index contributed by atoms with van der Waals surface area (Å²) in [6.45, 7) is 1.91. The summed E-state index contributed by atoms with van der Waals surface area (Å²) in [5, 5.41) is 0. The number of nitrogens with zero attached hydrogens (tertiary/aromatic N) is 1. The van der Waals surface area contributed by atoms with E-state index in [9.17, 15) is 8.42 Å². The van der Waals surface area contributed by atoms with Crippen LogP contribution >= 0.6 is 11.6 Å². The third-order valence-electron chi connectivity index (χ3n) is 3.34. The summed E-state index contributed by atoms with van der Waals surface area (Å²) in [7, 11) is -1.83. The Balaban J connectivity index is 2.05. The molecule has 1 unspecified atom stereocenters. The van der Waals surface area contributed by atoms with Gasteiger partial charge in [-0.1, -0.05) is 0 Å². The van der Waals surface area contributed by atoms with Crippen LogP contribution in [-0.4, -0.2) is 44.5 Å². The molecule has 108 valence electrons. The molecule has 2 rings (SSSR count). The van der Waals surface area contributed by atoms with Gasteiger partial charge in [-0.15, -0.1) is 11.6 Å². The molecule has 1 atom stereocenters. The first-order chi connectivity index (χ1) is 9.04. The van der Waals surface area contributed by atoms with E-state index in [1.165, 1.54) is 10.5 Å². The van der Waals surface area contributed by atoms with Crippen LogP contribution in [-0.2, 0) is 20.6 Å². The number of sulfonamides is 1. The molecule has 1 aliphatic rings. The number of H-pyrrole nitrogens is 1. The molecule has 2 heterocycles. The lowest BCUT2D eigenvalue weighted by Crippen LogP contribution is -2.35. The number of rotatable bonds is 5. The van der Waals surface area contributed by atoms with Crippen molar-refractivity contribution in [1.29, 1.82) is 0 Å². The van der Waals surface area contributed by atoms with Gasteiger partial charge >= 0.3 is 0 Å². The first-order valence-electron chi connectivity index (χ1n) is 6.31. The van der Waals surface area contributed by atoms with Gasteiger partial charge in [0, 0.05) is 32.1 Å². The molecular weight excluding hydrogens is 288 g/mol. The van der Waals surface area contributed by atoms with Gasteiger partial charge in [-0.2, -0.15) is 0 Å². The number of ether oxygens (including phenoxy) is 1. The van der Waals surface area contributed by atoms with Crippen molar-refractivity contribution in [1.82, 2.24) is 9.29 Å². The van der Waals surface area contributed by atoms with Gasteiger partial charge in [-0.3, -0.25) is 0 Å². The topological polar surface area (TPSA) is 62.4 Å². The third kappa shape index (κ3) is 3.51. The molecule has 1 saturated heterocycles. The van der Waals surface area contributed by atoms with Gasteiger partial charge in [0.1, 0.15) is 0 Å². The minimum absolute atomic E-state index is 0.266. The highest BCUT2D eigenvalue weighted by atomic mass is 35.5. The zero-order valence-corrected chi connectivity index (χ0v) is 12.5. The van der Waals surface area contributed by atoms with Crippen LogP contribution in [0.15, 0.2) is 17.2 Å². The summed E-state index contributed by atoms with van der Waals surface area (Å²) >= 11 is 5.67. The molecule has 0 aliphatic carbocycles. The van der Waals surface area contributed by atoms with Gasteiger partial charge in [0.25, 0.3) is 0 Å². The van der Waals surface area contributed by atoms with E-state index in [4.69, 9.17) is 16.3 Å². The summed E-state index contributed by atoms with van der Waals surface area (Å²) in [6.07, 6.45) is 3.50. The van der Waals surface area contributed by atoms with Crippen molar-refractivity contribution in [2.24, 2.45) is 5.92 Å². The average molecular weight is 307 g/mol. The van der Waals surface area contributed by atoms with Crippen molar-refractivity contribution in [3.8, 4) is 0 Å². The second kappa shape index (κ2) is 6.26. The van der Waals surface area contributed by atoms with E-state index in [0.717, 1.165) is 19.4 Å². The molecular formula is C12H19ClN2O3S. The van der Waals surface area contributed by atoms with Crippen molar-refractivity contribution in [2.75, 3.05) is 26.8 Å². The first kappa shape index (κ1) is 14.8. The van der Waals surface area contributed by atoms with Crippen LogP contribution in [0, 0.1) is 5.92 Å². The van der Waals surface area contributed by atoms with Gasteiger partial charge in [-0.25, -0.2) is 12.7 Å². The molecule has 0 saturated carbocycles. The van der Waals surface area contributed by atoms with E-state index >= 15 is 0 Å². The monoisotopic (exact) mass is 306 g/mol. The van der Waals surface area contributed by atoms with E-state index in [1.54, 1.807) is 13.1 Å². The summed E-state index contributed by atoms with van der Waals surface area (Å²) in [5.74, 6) is 0.551. The van der Waals surface area contributed by atoms with E-state index in [0.29, 0.717) is 18.8 Å². The van der Waals surface area contributed by atoms with Crippen molar-refractivity contribution in [3.05, 3.63) is 18.0 Å². The maximum atomic E-state index is 12.4. The molecule has 19 heavy (non-hydrogen) atoms. The van der Waals surface area contributed by atoms with Crippen LogP contribution in [0.5, 0.6) is 0 Å². The standard InChI is InChI=1S/C12H19ClN2O3S/c1-15(8-10-3-2-4-18-9-10)19(16,17)12-5-11(6-13)14-7-12/h5,7,10,14H,2-4,6,8-9H2,1H3. The number of hydrogen-bond donors (Lipinski definition) is 1. The lowest BCUT2D eigenvalue weighted by molar-refractivity contribution is 0.0495. The molecule has 0 aromatic carbocycles. The maximum absolute atomic E-state index is 12.4. The van der Waals surface area contributed by atoms with Gasteiger partial charge in [0.2, 0.25) is 10.0 Å². The Kier molecular flexibility index (Phi) is 4.89. The van der Waals surface area contributed by atoms with Crippen LogP contribution in [0.3, 0.4) is 0 Å². The van der Waals surface area contributed by atoms with Crippen molar-refractivity contribution in [3.63, 3.8) is 0 Å². The zero-order valence-electron chi connectivity index (χ0n) is 10.9. The molecule has 5 nitrogen and oxygen atoms in total. The molecule has 1 aromatic heterocycles. The Hall–Kier alpha value is -0.560. The van der Waals surface area contributed by atoms with Crippen LogP contribution in [0.1, 0.15) is 18.5 Å². The normalized spacial score (nSPS) is 20.9. The van der Waals surface area contributed by atoms with Crippen LogP contribution in [0.4, 0.5) is 0 Å². The van der Waals surface area contributed by atoms with Gasteiger partial charge in [-0.05, 0) is 24.8 Å². The minimum Gasteiger partial charge on any atom is -0.381 e. The number of aromatic amines is 1. The second-order valence-electron chi connectivity index (χ2n) is 4.86. The molecule has 0 amide bonds. The van der Waals surface area contributed by atoms with Gasteiger partial charge in [0.05, 0.1) is 17.4 Å². The van der Waals surface area contributed by atoms with E-state index < -0.39 is 10.0 Å². The third-order valence-corrected chi connectivity index (χ3v) is 5.43. The predicted octanol–water partition coefficient (Wildman–Crippen LogP) is 1.80. The molecule has 0 spiro atoms. The quantitative estimate of drug-likeness (QED) is 0.844. The lowest BCUT2D eigenvalue weighted by atomic mass is 10.0. The first-order valence-corrected chi connectivity index (χ1v) is 8.29. The van der Waals surface area contributed by atoms with Crippen LogP contribution in [0.25, 0.3) is 0 Å². The number of halogens is 1. The molecule has 1 aliphatic heterocycles. The van der Waals surface area contributed by atoms with E-state index in [-0.39, 0.29) is 16.7 Å². The number of nitrogens with one attached hydrogen (secondary N) is 1. The fraction of sp³-hybridized carbons (Fsp3) is 0.667. The lowest BCUT2D eigenvalue weighted by Gasteiger charge is -2.26. The predicted molar refractivity (Wildman–Crippen MR) is 73.7 cm³/mol. The molecule has 1 N–H and O–H groups in total. The Bertz CT molecular complexity index is 509. The largest absolute Gasteiger partial charge is 0.381 e. The maximum Gasteiger partial charge on any atom is 0.244 e. The van der Waals surface area contributed by atoms with Crippen molar-refractivity contribution in [2.45, 2.75) is 23.6 Å². The molecule has 7 heteroatoms. The van der Waals surface area contributed by atoms with Gasteiger partial charge < -0.3 is 9.72 Å². The summed E-state index contributed by atoms with van der Waals surface area (Å²) in [4.78, 5) is 3.12. The van der Waals surface area contributed by atoms with E-state index in [2.05, 4.69) is 4.98 Å². The van der Waals surface area contributed by atoms with E-state index in [1.807, 2.05) is 0 Å². The molecule has 1 fully saturated rings. The summed E-state index contributed by atoms with van der Waals surface area (Å²) in [6, 6.07) is 1.58. The highest BCUT2D eigenvalue weighted by Crippen LogP contribution is 2.20. The van der Waals surface area contributed by atoms with Gasteiger partial charge in [0.15, 0.2) is 0 Å². The Labute approximate surface area is 118 Å². The number of alkyl halides is 1. The Morgan fingerprint density at radius 1 is 1.58 bits per heavy atom. The van der Waals surface area contributed by atoms with Crippen LogP contribution < -0.4 is 0 Å². The number of aromatic nitrogens is 1. The molecule has 0 bridgehead atoms. The second-order valence-corrected chi connectivity index (χ2v) is 7.18.